The summed E-state index contributed by atoms with van der Waals surface area (Å²) in [7, 11) is -8.70. The van der Waals surface area contributed by atoms with E-state index in [2.05, 4.69) is 22.4 Å². The van der Waals surface area contributed by atoms with E-state index in [0.29, 0.717) is 5.82 Å². The number of ether oxygens (including phenoxy) is 1. The van der Waals surface area contributed by atoms with Crippen molar-refractivity contribution in [3.8, 4) is 0 Å². The zero-order valence-corrected chi connectivity index (χ0v) is 11.9. The molecule has 19 heavy (non-hydrogen) atoms. The molecule has 0 aromatic carbocycles. The second-order valence-corrected chi connectivity index (χ2v) is 6.80. The van der Waals surface area contributed by atoms with Gasteiger partial charge < -0.3 is 9.63 Å². The molecule has 110 valence electrons. The Hall–Kier alpha value is -0.990. The Balaban J connectivity index is 4.78. The fourth-order valence-electron chi connectivity index (χ4n) is 0.892. The molecule has 10 heteroatoms. The van der Waals surface area contributed by atoms with E-state index >= 15 is 0 Å². The van der Waals surface area contributed by atoms with Gasteiger partial charge in [0, 0.05) is 11.4 Å². The smallest absolute Gasteiger partial charge is 0.351 e. The van der Waals surface area contributed by atoms with Gasteiger partial charge in [-0.1, -0.05) is 13.2 Å². The summed E-state index contributed by atoms with van der Waals surface area (Å²) >= 11 is 0. The normalized spacial score (nSPS) is 16.2. The van der Waals surface area contributed by atoms with Gasteiger partial charge in [0.05, 0.1) is 0 Å². The summed E-state index contributed by atoms with van der Waals surface area (Å²) < 4.78 is 50.5. The van der Waals surface area contributed by atoms with Crippen LogP contribution < -0.4 is 0 Å². The number of rotatable bonds is 8. The van der Waals surface area contributed by atoms with Gasteiger partial charge in [0.25, 0.3) is 10.1 Å². The van der Waals surface area contributed by atoms with Crippen LogP contribution in [0.5, 0.6) is 0 Å². The summed E-state index contributed by atoms with van der Waals surface area (Å²) in [6, 6.07) is 0. The number of esters is 1. The molecule has 0 aliphatic carbocycles. The van der Waals surface area contributed by atoms with E-state index in [1.165, 1.54) is 6.92 Å². The van der Waals surface area contributed by atoms with Gasteiger partial charge in [0.2, 0.25) is 0 Å². The summed E-state index contributed by atoms with van der Waals surface area (Å²) in [5, 5.41) is 0. The average molecular weight is 314 g/mol. The van der Waals surface area contributed by atoms with E-state index in [1.807, 2.05) is 0 Å². The SMILES string of the molecule is C=CP(=O)(O)OC(COC(=O)C(=C)C)CS(=O)(=O)O. The second kappa shape index (κ2) is 6.97. The molecule has 0 heterocycles. The molecule has 0 rings (SSSR count). The van der Waals surface area contributed by atoms with Gasteiger partial charge in [-0.3, -0.25) is 13.6 Å². The van der Waals surface area contributed by atoms with Gasteiger partial charge in [0.15, 0.2) is 0 Å². The van der Waals surface area contributed by atoms with Crippen LogP contribution in [0, 0.1) is 0 Å². The lowest BCUT2D eigenvalue weighted by molar-refractivity contribution is -0.141. The fourth-order valence-corrected chi connectivity index (χ4v) is 2.28. The molecule has 0 aliphatic rings. The van der Waals surface area contributed by atoms with Crippen molar-refractivity contribution in [2.45, 2.75) is 13.0 Å². The second-order valence-electron chi connectivity index (χ2n) is 3.60. The third-order valence-corrected chi connectivity index (χ3v) is 3.53. The predicted molar refractivity (Wildman–Crippen MR) is 67.1 cm³/mol. The highest BCUT2D eigenvalue weighted by Crippen LogP contribution is 2.44. The first-order chi connectivity index (χ1) is 8.47. The minimum absolute atomic E-state index is 0.0570. The molecule has 0 fully saturated rings. The van der Waals surface area contributed by atoms with Crippen LogP contribution in [-0.2, 0) is 28.7 Å². The van der Waals surface area contributed by atoms with Gasteiger partial charge in [-0.2, -0.15) is 8.42 Å². The van der Waals surface area contributed by atoms with Crippen molar-refractivity contribution in [1.29, 1.82) is 0 Å². The molecule has 2 atom stereocenters. The standard InChI is InChI=1S/C9H15O8PS/c1-4-18(11,12)17-8(6-19(13,14)15)5-16-9(10)7(2)3/h4,8H,1-2,5-6H2,3H3,(H,11,12)(H,13,14,15). The van der Waals surface area contributed by atoms with Crippen molar-refractivity contribution in [2.24, 2.45) is 0 Å². The summed E-state index contributed by atoms with van der Waals surface area (Å²) in [5.41, 5.74) is 0.0570. The number of carbonyl (C=O) groups excluding carboxylic acids is 1. The van der Waals surface area contributed by atoms with Crippen LogP contribution >= 0.6 is 7.60 Å². The van der Waals surface area contributed by atoms with E-state index in [-0.39, 0.29) is 5.57 Å². The van der Waals surface area contributed by atoms with Crippen molar-refractivity contribution in [3.63, 3.8) is 0 Å². The molecule has 0 radical (unpaired) electrons. The van der Waals surface area contributed by atoms with E-state index in [9.17, 15) is 17.8 Å². The highest BCUT2D eigenvalue weighted by Gasteiger charge is 2.27. The maximum atomic E-state index is 11.2. The highest BCUT2D eigenvalue weighted by atomic mass is 32.2. The van der Waals surface area contributed by atoms with Crippen LogP contribution in [0.2, 0.25) is 0 Å². The lowest BCUT2D eigenvalue weighted by Crippen LogP contribution is -2.29. The molecule has 0 saturated carbocycles. The van der Waals surface area contributed by atoms with Gasteiger partial charge in [-0.05, 0) is 6.92 Å². The number of carbonyl (C=O) groups is 1. The van der Waals surface area contributed by atoms with Crippen LogP contribution in [-0.4, -0.2) is 42.3 Å². The zero-order valence-electron chi connectivity index (χ0n) is 10.2. The predicted octanol–water partition coefficient (Wildman–Crippen LogP) is 0.708. The molecule has 0 aromatic rings. The lowest BCUT2D eigenvalue weighted by atomic mass is 10.3. The third kappa shape index (κ3) is 8.68. The Bertz CT molecular complexity index is 508. The van der Waals surface area contributed by atoms with Crippen LogP contribution in [0.15, 0.2) is 24.5 Å². The monoisotopic (exact) mass is 314 g/mol. The fraction of sp³-hybridized carbons (Fsp3) is 0.444. The van der Waals surface area contributed by atoms with Crippen molar-refractivity contribution in [3.05, 3.63) is 24.5 Å². The summed E-state index contributed by atoms with van der Waals surface area (Å²) in [6.45, 7) is 7.06. The van der Waals surface area contributed by atoms with E-state index in [1.54, 1.807) is 0 Å². The van der Waals surface area contributed by atoms with Crippen molar-refractivity contribution < 1.29 is 36.5 Å². The molecule has 8 nitrogen and oxygen atoms in total. The number of hydrogen-bond donors (Lipinski definition) is 2. The molecule has 0 aromatic heterocycles. The Labute approximate surface area is 111 Å². The Morgan fingerprint density at radius 1 is 1.53 bits per heavy atom. The first kappa shape index (κ1) is 18.0. The van der Waals surface area contributed by atoms with Crippen molar-refractivity contribution >= 4 is 23.7 Å². The average Bonchev–Trinajstić information content (AvgIpc) is 2.22. The van der Waals surface area contributed by atoms with Crippen LogP contribution in [0.1, 0.15) is 6.92 Å². The zero-order chi connectivity index (χ0) is 15.3. The van der Waals surface area contributed by atoms with Crippen molar-refractivity contribution in [1.82, 2.24) is 0 Å². The Morgan fingerprint density at radius 2 is 2.05 bits per heavy atom. The van der Waals surface area contributed by atoms with Crippen LogP contribution in [0.25, 0.3) is 0 Å². The minimum Gasteiger partial charge on any atom is -0.460 e. The maximum absolute atomic E-state index is 11.2. The largest absolute Gasteiger partial charge is 0.460 e. The molecule has 0 aliphatic heterocycles. The first-order valence-electron chi connectivity index (χ1n) is 4.89. The highest BCUT2D eigenvalue weighted by molar-refractivity contribution is 7.85. The third-order valence-electron chi connectivity index (χ3n) is 1.68. The summed E-state index contributed by atoms with van der Waals surface area (Å²) in [6.07, 6.45) is -1.51. The topological polar surface area (TPSA) is 127 Å². The maximum Gasteiger partial charge on any atom is 0.351 e. The molecule has 0 bridgehead atoms. The molecule has 0 amide bonds. The van der Waals surface area contributed by atoms with Gasteiger partial charge in [-0.25, -0.2) is 4.79 Å². The van der Waals surface area contributed by atoms with Gasteiger partial charge >= 0.3 is 13.6 Å². The molecular formula is C9H15O8PS. The summed E-state index contributed by atoms with van der Waals surface area (Å²) in [4.78, 5) is 20.3. The molecule has 0 spiro atoms. The number of hydrogen-bond acceptors (Lipinski definition) is 6. The lowest BCUT2D eigenvalue weighted by Gasteiger charge is -2.18. The Morgan fingerprint density at radius 3 is 2.42 bits per heavy atom. The molecule has 2 N–H and O–H groups in total. The van der Waals surface area contributed by atoms with Crippen molar-refractivity contribution in [2.75, 3.05) is 12.4 Å². The molecular weight excluding hydrogens is 299 g/mol. The van der Waals surface area contributed by atoms with Gasteiger partial charge in [0.1, 0.15) is 18.5 Å². The van der Waals surface area contributed by atoms with E-state index in [0.717, 1.165) is 0 Å². The van der Waals surface area contributed by atoms with Gasteiger partial charge in [-0.15, -0.1) is 0 Å². The van der Waals surface area contributed by atoms with Crippen LogP contribution in [0.3, 0.4) is 0 Å². The summed E-state index contributed by atoms with van der Waals surface area (Å²) in [5.74, 6) is -1.24. The van der Waals surface area contributed by atoms with E-state index < -0.39 is 42.1 Å². The minimum atomic E-state index is -4.48. The molecule has 2 unspecified atom stereocenters. The van der Waals surface area contributed by atoms with Crippen LogP contribution in [0.4, 0.5) is 0 Å². The van der Waals surface area contributed by atoms with E-state index in [4.69, 9.17) is 9.45 Å². The molecule has 0 saturated heterocycles. The quantitative estimate of drug-likeness (QED) is 0.290. The Kier molecular flexibility index (Phi) is 6.61. The first-order valence-corrected chi connectivity index (χ1v) is 8.14.